The van der Waals surface area contributed by atoms with Crippen LogP contribution in [0.3, 0.4) is 0 Å². The second-order valence-corrected chi connectivity index (χ2v) is 6.77. The van der Waals surface area contributed by atoms with Crippen molar-refractivity contribution >= 4 is 18.6 Å². The molecule has 0 N–H and O–H groups in total. The predicted octanol–water partition coefficient (Wildman–Crippen LogP) is 6.33. The molecule has 0 aromatic rings. The number of rotatable bonds is 4. The van der Waals surface area contributed by atoms with E-state index in [9.17, 15) is 0 Å². The second kappa shape index (κ2) is 14.7. The van der Waals surface area contributed by atoms with Gasteiger partial charge >= 0.3 is 35.6 Å². The molecule has 19 heavy (non-hydrogen) atoms. The summed E-state index contributed by atoms with van der Waals surface area (Å²) in [5.74, 6) is 0. The van der Waals surface area contributed by atoms with Crippen molar-refractivity contribution in [3.05, 3.63) is 47.6 Å². The molecule has 0 saturated carbocycles. The Morgan fingerprint density at radius 1 is 0.947 bits per heavy atom. The minimum absolute atomic E-state index is 0.556. The third-order valence-electron chi connectivity index (χ3n) is 2.57. The molecule has 0 aliphatic heterocycles. The van der Waals surface area contributed by atoms with Gasteiger partial charge in [-0.1, -0.05) is 39.5 Å². The fourth-order valence-electron chi connectivity index (χ4n) is 1.78. The summed E-state index contributed by atoms with van der Waals surface area (Å²) in [5.41, 5.74) is 2.79. The van der Waals surface area contributed by atoms with E-state index in [4.69, 9.17) is 18.6 Å². The van der Waals surface area contributed by atoms with Crippen molar-refractivity contribution in [1.82, 2.24) is 0 Å². The maximum absolute atomic E-state index is 4.89. The second-order valence-electron chi connectivity index (χ2n) is 4.19. The van der Waals surface area contributed by atoms with E-state index in [1.165, 1.54) is 36.8 Å². The van der Waals surface area contributed by atoms with Gasteiger partial charge in [0.05, 0.1) is 0 Å². The molecule has 0 aromatic heterocycles. The standard InChI is InChI=1S/2C8H11.2ClH.Ti/c2*1-2-5-8-6-3-4-7-8;;;/h2*3,6H,2,4-5H2,1H3;2*1H;/q2*-1;;;+2/p-2. The van der Waals surface area contributed by atoms with E-state index in [-0.39, 0.29) is 0 Å². The van der Waals surface area contributed by atoms with Crippen molar-refractivity contribution in [2.45, 2.75) is 52.4 Å². The summed E-state index contributed by atoms with van der Waals surface area (Å²) in [4.78, 5) is 0. The van der Waals surface area contributed by atoms with Crippen LogP contribution in [0.5, 0.6) is 0 Å². The molecule has 0 amide bonds. The molecule has 2 rings (SSSR count). The zero-order chi connectivity index (χ0) is 14.3. The molecule has 0 unspecified atom stereocenters. The van der Waals surface area contributed by atoms with E-state index in [2.05, 4.69) is 50.3 Å². The number of allylic oxidation sites excluding steroid dienone is 8. The maximum atomic E-state index is 4.89. The topological polar surface area (TPSA) is 0 Å². The van der Waals surface area contributed by atoms with Gasteiger partial charge in [-0.05, 0) is 0 Å². The first-order valence-corrected chi connectivity index (χ1v) is 11.1. The van der Waals surface area contributed by atoms with Crippen molar-refractivity contribution in [3.8, 4) is 0 Å². The Balaban J connectivity index is 0.000000284. The van der Waals surface area contributed by atoms with Gasteiger partial charge in [-0.2, -0.15) is 12.2 Å². The SMILES string of the molecule is CCCC1=[C-]CC=C1.CCCC1=[C-]CC=C1.[Cl][Ti][Cl]. The first-order chi connectivity index (χ1) is 9.28. The van der Waals surface area contributed by atoms with Crippen LogP contribution in [0, 0.1) is 12.2 Å². The molecule has 0 heterocycles. The van der Waals surface area contributed by atoms with Gasteiger partial charge in [0, 0.05) is 0 Å². The van der Waals surface area contributed by atoms with Gasteiger partial charge in [-0.3, -0.25) is 12.2 Å². The number of halogens is 2. The van der Waals surface area contributed by atoms with Crippen LogP contribution in [0.15, 0.2) is 35.5 Å². The molecule has 0 aromatic carbocycles. The van der Waals surface area contributed by atoms with E-state index in [0.717, 1.165) is 12.8 Å². The Bertz CT molecular complexity index is 296. The molecule has 0 nitrogen and oxygen atoms in total. The summed E-state index contributed by atoms with van der Waals surface area (Å²) in [6.45, 7) is 4.39. The molecule has 2 aliphatic carbocycles. The Labute approximate surface area is 135 Å². The van der Waals surface area contributed by atoms with Crippen LogP contribution in [0.25, 0.3) is 0 Å². The van der Waals surface area contributed by atoms with E-state index in [1.807, 2.05) is 0 Å². The van der Waals surface area contributed by atoms with Gasteiger partial charge in [0.2, 0.25) is 0 Å². The quantitative estimate of drug-likeness (QED) is 0.417. The van der Waals surface area contributed by atoms with Crippen molar-refractivity contribution in [3.63, 3.8) is 0 Å². The number of hydrogen-bond donors (Lipinski definition) is 0. The van der Waals surface area contributed by atoms with Crippen LogP contribution in [0.2, 0.25) is 0 Å². The summed E-state index contributed by atoms with van der Waals surface area (Å²) in [5, 5.41) is 0. The van der Waals surface area contributed by atoms with Crippen molar-refractivity contribution in [2.24, 2.45) is 0 Å². The van der Waals surface area contributed by atoms with Crippen LogP contribution < -0.4 is 0 Å². The van der Waals surface area contributed by atoms with Crippen molar-refractivity contribution < 1.29 is 17.0 Å². The zero-order valence-corrected chi connectivity index (χ0v) is 14.9. The number of hydrogen-bond acceptors (Lipinski definition) is 0. The molecule has 106 valence electrons. The predicted molar refractivity (Wildman–Crippen MR) is 82.5 cm³/mol. The molecule has 0 radical (unpaired) electrons. The molecule has 0 fully saturated rings. The Morgan fingerprint density at radius 2 is 1.32 bits per heavy atom. The van der Waals surface area contributed by atoms with Gasteiger partial charge in [0.25, 0.3) is 0 Å². The molecule has 3 heteroatoms. The molecule has 0 atom stereocenters. The van der Waals surface area contributed by atoms with Gasteiger partial charge in [0.1, 0.15) is 0 Å². The molecule has 0 spiro atoms. The van der Waals surface area contributed by atoms with Crippen molar-refractivity contribution in [2.75, 3.05) is 0 Å². The average molecular weight is 333 g/mol. The van der Waals surface area contributed by atoms with Gasteiger partial charge in [-0.25, -0.2) is 23.3 Å². The Kier molecular flexibility index (Phi) is 14.9. The molecule has 2 aliphatic rings. The monoisotopic (exact) mass is 332 g/mol. The van der Waals surface area contributed by atoms with E-state index in [0.29, 0.717) is 0 Å². The van der Waals surface area contributed by atoms with Crippen LogP contribution in [-0.4, -0.2) is 0 Å². The van der Waals surface area contributed by atoms with Gasteiger partial charge in [-0.15, -0.1) is 12.8 Å². The fraction of sp³-hybridized carbons (Fsp3) is 0.500. The normalized spacial score (nSPS) is 14.9. The van der Waals surface area contributed by atoms with Crippen LogP contribution in [-0.2, 0) is 17.0 Å². The van der Waals surface area contributed by atoms with Crippen LogP contribution in [0.4, 0.5) is 0 Å². The zero-order valence-electron chi connectivity index (χ0n) is 11.8. The summed E-state index contributed by atoms with van der Waals surface area (Å²) in [6.07, 6.45) is 22.2. The first kappa shape index (κ1) is 19.3. The molecule has 0 saturated heterocycles. The van der Waals surface area contributed by atoms with Crippen LogP contribution >= 0.6 is 18.6 Å². The first-order valence-electron chi connectivity index (χ1n) is 6.77. The summed E-state index contributed by atoms with van der Waals surface area (Å²) in [7, 11) is 9.78. The third-order valence-corrected chi connectivity index (χ3v) is 2.57. The van der Waals surface area contributed by atoms with Crippen molar-refractivity contribution in [1.29, 1.82) is 0 Å². The third kappa shape index (κ3) is 11.8. The van der Waals surface area contributed by atoms with Crippen LogP contribution in [0.1, 0.15) is 52.4 Å². The van der Waals surface area contributed by atoms with E-state index >= 15 is 0 Å². The summed E-state index contributed by atoms with van der Waals surface area (Å²) >= 11 is -0.556. The van der Waals surface area contributed by atoms with E-state index in [1.54, 1.807) is 0 Å². The average Bonchev–Trinajstić information content (AvgIpc) is 3.05. The van der Waals surface area contributed by atoms with E-state index < -0.39 is 17.0 Å². The molecular weight excluding hydrogens is 311 g/mol. The molecule has 0 bridgehead atoms. The Hall–Kier alpha value is 0.254. The Morgan fingerprint density at radius 3 is 1.53 bits per heavy atom. The van der Waals surface area contributed by atoms with Gasteiger partial charge in [0.15, 0.2) is 0 Å². The molecular formula is C16H22Cl2Ti-2. The fourth-order valence-corrected chi connectivity index (χ4v) is 1.78. The summed E-state index contributed by atoms with van der Waals surface area (Å²) in [6, 6.07) is 0. The summed E-state index contributed by atoms with van der Waals surface area (Å²) < 4.78 is 0. The van der Waals surface area contributed by atoms with Gasteiger partial charge < -0.3 is 0 Å². The minimum atomic E-state index is -0.556.